The van der Waals surface area contributed by atoms with Gasteiger partial charge >= 0.3 is 0 Å². The first-order valence-corrected chi connectivity index (χ1v) is 9.17. The van der Waals surface area contributed by atoms with E-state index in [-0.39, 0.29) is 0 Å². The molecule has 0 aromatic carbocycles. The molecule has 20 heavy (non-hydrogen) atoms. The van der Waals surface area contributed by atoms with Crippen LogP contribution in [0.3, 0.4) is 0 Å². The van der Waals surface area contributed by atoms with E-state index in [2.05, 4.69) is 50.5 Å². The molecule has 0 bridgehead atoms. The van der Waals surface area contributed by atoms with Crippen LogP contribution in [0.4, 0.5) is 0 Å². The molecule has 114 valence electrons. The van der Waals surface area contributed by atoms with Crippen LogP contribution in [0, 0.1) is 11.3 Å². The average Bonchev–Trinajstić information content (AvgIpc) is 2.92. The van der Waals surface area contributed by atoms with E-state index >= 15 is 0 Å². The van der Waals surface area contributed by atoms with E-state index in [1.165, 1.54) is 43.4 Å². The molecule has 0 radical (unpaired) electrons. The predicted molar refractivity (Wildman–Crippen MR) is 90.4 cm³/mol. The van der Waals surface area contributed by atoms with Crippen molar-refractivity contribution in [2.45, 2.75) is 78.3 Å². The molecule has 1 atom stereocenters. The first kappa shape index (κ1) is 16.0. The van der Waals surface area contributed by atoms with Gasteiger partial charge in [-0.2, -0.15) is 0 Å². The van der Waals surface area contributed by atoms with Crippen molar-refractivity contribution in [1.29, 1.82) is 0 Å². The lowest BCUT2D eigenvalue weighted by atomic mass is 9.69. The van der Waals surface area contributed by atoms with E-state index in [0.717, 1.165) is 12.0 Å². The van der Waals surface area contributed by atoms with E-state index in [4.69, 9.17) is 0 Å². The summed E-state index contributed by atoms with van der Waals surface area (Å²) in [5.74, 6) is 0.929. The van der Waals surface area contributed by atoms with Gasteiger partial charge in [0.2, 0.25) is 0 Å². The maximum Gasteiger partial charge on any atom is 0.00896 e. The predicted octanol–water partition coefficient (Wildman–Crippen LogP) is 5.26. The molecule has 0 amide bonds. The Hall–Kier alpha value is -0.340. The van der Waals surface area contributed by atoms with Crippen molar-refractivity contribution in [1.82, 2.24) is 5.32 Å². The summed E-state index contributed by atoms with van der Waals surface area (Å²) >= 11 is 1.88. The molecule has 1 aromatic rings. The highest BCUT2D eigenvalue weighted by atomic mass is 32.1. The van der Waals surface area contributed by atoms with E-state index in [1.54, 1.807) is 0 Å². The monoisotopic (exact) mass is 293 g/mol. The summed E-state index contributed by atoms with van der Waals surface area (Å²) in [5, 5.41) is 6.03. The summed E-state index contributed by atoms with van der Waals surface area (Å²) in [7, 11) is 0. The first-order valence-electron chi connectivity index (χ1n) is 8.29. The molecule has 1 aliphatic carbocycles. The molecule has 2 heteroatoms. The summed E-state index contributed by atoms with van der Waals surface area (Å²) in [6.07, 6.45) is 8.03. The molecule has 1 aromatic heterocycles. The van der Waals surface area contributed by atoms with Crippen LogP contribution in [-0.4, -0.2) is 12.1 Å². The van der Waals surface area contributed by atoms with Gasteiger partial charge < -0.3 is 5.32 Å². The van der Waals surface area contributed by atoms with Crippen molar-refractivity contribution in [3.8, 4) is 0 Å². The Morgan fingerprint density at radius 2 is 2.00 bits per heavy atom. The van der Waals surface area contributed by atoms with Gasteiger partial charge in [-0.1, -0.05) is 33.3 Å². The molecule has 1 heterocycles. The molecule has 0 spiro atoms. The van der Waals surface area contributed by atoms with Crippen molar-refractivity contribution >= 4 is 11.3 Å². The minimum Gasteiger partial charge on any atom is -0.311 e. The van der Waals surface area contributed by atoms with Crippen LogP contribution in [0.5, 0.6) is 0 Å². The fourth-order valence-corrected chi connectivity index (χ4v) is 4.36. The molecule has 0 saturated heterocycles. The van der Waals surface area contributed by atoms with Gasteiger partial charge in [0.25, 0.3) is 0 Å². The summed E-state index contributed by atoms with van der Waals surface area (Å²) in [5.41, 5.74) is 0.535. The SMILES string of the molecule is CCC(C)(C)C1CCC(NC(C)Cc2cccs2)CC1. The Morgan fingerprint density at radius 3 is 2.55 bits per heavy atom. The van der Waals surface area contributed by atoms with Crippen LogP contribution >= 0.6 is 11.3 Å². The zero-order valence-electron chi connectivity index (χ0n) is 13.6. The van der Waals surface area contributed by atoms with Gasteiger partial charge in [0.15, 0.2) is 0 Å². The Bertz CT molecular complexity index is 374. The molecule has 1 N–H and O–H groups in total. The molecular formula is C18H31NS. The number of thiophene rings is 1. The van der Waals surface area contributed by atoms with E-state index in [9.17, 15) is 0 Å². The van der Waals surface area contributed by atoms with Gasteiger partial charge in [-0.3, -0.25) is 0 Å². The maximum atomic E-state index is 3.85. The fourth-order valence-electron chi connectivity index (χ4n) is 3.52. The molecule has 0 aliphatic heterocycles. The molecule has 2 rings (SSSR count). The number of hydrogen-bond acceptors (Lipinski definition) is 2. The third kappa shape index (κ3) is 4.33. The third-order valence-corrected chi connectivity index (χ3v) is 6.25. The van der Waals surface area contributed by atoms with Gasteiger partial charge in [-0.15, -0.1) is 11.3 Å². The van der Waals surface area contributed by atoms with Crippen LogP contribution in [0.25, 0.3) is 0 Å². The van der Waals surface area contributed by atoms with Gasteiger partial charge in [0.1, 0.15) is 0 Å². The summed E-state index contributed by atoms with van der Waals surface area (Å²) in [6.45, 7) is 9.57. The van der Waals surface area contributed by atoms with Crippen molar-refractivity contribution in [3.63, 3.8) is 0 Å². The van der Waals surface area contributed by atoms with Crippen molar-refractivity contribution < 1.29 is 0 Å². The normalized spacial score (nSPS) is 25.6. The summed E-state index contributed by atoms with van der Waals surface area (Å²) in [6, 6.07) is 5.76. The second-order valence-electron chi connectivity index (χ2n) is 7.24. The number of rotatable bonds is 6. The lowest BCUT2D eigenvalue weighted by Crippen LogP contribution is -2.41. The van der Waals surface area contributed by atoms with Gasteiger partial charge in [0.05, 0.1) is 0 Å². The minimum atomic E-state index is 0.535. The van der Waals surface area contributed by atoms with Gasteiger partial charge in [-0.05, 0) is 61.8 Å². The van der Waals surface area contributed by atoms with Crippen LogP contribution < -0.4 is 5.32 Å². The Labute approximate surface area is 129 Å². The van der Waals surface area contributed by atoms with Crippen LogP contribution in [-0.2, 0) is 6.42 Å². The second-order valence-corrected chi connectivity index (χ2v) is 8.27. The zero-order chi connectivity index (χ0) is 14.6. The fraction of sp³-hybridized carbons (Fsp3) is 0.778. The van der Waals surface area contributed by atoms with Crippen LogP contribution in [0.1, 0.15) is 64.7 Å². The smallest absolute Gasteiger partial charge is 0.00896 e. The number of nitrogens with one attached hydrogen (secondary N) is 1. The molecule has 1 fully saturated rings. The Balaban J connectivity index is 1.74. The first-order chi connectivity index (χ1) is 9.51. The lowest BCUT2D eigenvalue weighted by molar-refractivity contribution is 0.134. The van der Waals surface area contributed by atoms with E-state index < -0.39 is 0 Å². The van der Waals surface area contributed by atoms with Crippen LogP contribution in [0.2, 0.25) is 0 Å². The molecule has 1 aliphatic rings. The van der Waals surface area contributed by atoms with Crippen molar-refractivity contribution in [3.05, 3.63) is 22.4 Å². The standard InChI is InChI=1S/C18H31NS/c1-5-18(3,4)15-8-10-16(11-9-15)19-14(2)13-17-7-6-12-20-17/h6-7,12,14-16,19H,5,8-11,13H2,1-4H3. The molecular weight excluding hydrogens is 262 g/mol. The van der Waals surface area contributed by atoms with Gasteiger partial charge in [-0.25, -0.2) is 0 Å². The molecule has 1 saturated carbocycles. The zero-order valence-corrected chi connectivity index (χ0v) is 14.4. The second kappa shape index (κ2) is 7.09. The third-order valence-electron chi connectivity index (χ3n) is 5.35. The minimum absolute atomic E-state index is 0.535. The topological polar surface area (TPSA) is 12.0 Å². The molecule has 1 nitrogen and oxygen atoms in total. The average molecular weight is 294 g/mol. The Morgan fingerprint density at radius 1 is 1.30 bits per heavy atom. The van der Waals surface area contributed by atoms with Crippen molar-refractivity contribution in [2.75, 3.05) is 0 Å². The Kier molecular flexibility index (Phi) is 5.68. The van der Waals surface area contributed by atoms with E-state index in [0.29, 0.717) is 11.5 Å². The summed E-state index contributed by atoms with van der Waals surface area (Å²) < 4.78 is 0. The largest absolute Gasteiger partial charge is 0.311 e. The molecule has 1 unspecified atom stereocenters. The van der Waals surface area contributed by atoms with Gasteiger partial charge in [0, 0.05) is 17.0 Å². The quantitative estimate of drug-likeness (QED) is 0.754. The van der Waals surface area contributed by atoms with E-state index in [1.807, 2.05) is 11.3 Å². The summed E-state index contributed by atoms with van der Waals surface area (Å²) in [4.78, 5) is 1.51. The highest BCUT2D eigenvalue weighted by Gasteiger charge is 2.31. The maximum absolute atomic E-state index is 3.85. The lowest BCUT2D eigenvalue weighted by Gasteiger charge is -2.39. The number of hydrogen-bond donors (Lipinski definition) is 1. The van der Waals surface area contributed by atoms with Crippen molar-refractivity contribution in [2.24, 2.45) is 11.3 Å². The highest BCUT2D eigenvalue weighted by Crippen LogP contribution is 2.40. The highest BCUT2D eigenvalue weighted by molar-refractivity contribution is 7.09. The van der Waals surface area contributed by atoms with Crippen LogP contribution in [0.15, 0.2) is 17.5 Å².